The van der Waals surface area contributed by atoms with Crippen LogP contribution in [0.25, 0.3) is 6.08 Å². The van der Waals surface area contributed by atoms with E-state index in [0.29, 0.717) is 5.56 Å². The monoisotopic (exact) mass is 303 g/mol. The Morgan fingerprint density at radius 3 is 2.55 bits per heavy atom. The second kappa shape index (κ2) is 7.53. The molecule has 0 fully saturated rings. The molecule has 0 heterocycles. The van der Waals surface area contributed by atoms with Gasteiger partial charge in [0.25, 0.3) is 5.69 Å². The molecule has 0 aliphatic carbocycles. The molecule has 0 atom stereocenters. The van der Waals surface area contributed by atoms with Crippen molar-refractivity contribution in [2.24, 2.45) is 0 Å². The van der Waals surface area contributed by atoms with E-state index in [1.54, 1.807) is 0 Å². The molecule has 114 valence electrons. The van der Waals surface area contributed by atoms with Crippen LogP contribution in [0.1, 0.15) is 12.5 Å². The van der Waals surface area contributed by atoms with Crippen molar-refractivity contribution in [1.82, 2.24) is 0 Å². The fourth-order valence-electron chi connectivity index (χ4n) is 1.35. The van der Waals surface area contributed by atoms with Crippen molar-refractivity contribution in [3.8, 4) is 5.75 Å². The Hall–Kier alpha value is -3.22. The second-order valence-electron chi connectivity index (χ2n) is 4.01. The van der Waals surface area contributed by atoms with Gasteiger partial charge in [0, 0.05) is 6.08 Å². The van der Waals surface area contributed by atoms with Gasteiger partial charge in [-0.15, -0.1) is 0 Å². The van der Waals surface area contributed by atoms with Crippen molar-refractivity contribution in [3.63, 3.8) is 0 Å². The minimum Gasteiger partial charge on any atom is -0.431 e. The fraction of sp³-hybridized carbons (Fsp3) is 0.0667. The third kappa shape index (κ3) is 4.41. The van der Waals surface area contributed by atoms with Gasteiger partial charge in [-0.25, -0.2) is 9.59 Å². The molecule has 0 amide bonds. The standard InChI is InChI=1S/C15H13NO6/c1-4-11-6-7-12(8-13(11)16(19)20)22-15(18)10(3)9-21-14(17)5-2/h4-9H,1-2H2,3H3. The zero-order valence-electron chi connectivity index (χ0n) is 11.8. The second-order valence-corrected chi connectivity index (χ2v) is 4.01. The smallest absolute Gasteiger partial charge is 0.342 e. The summed E-state index contributed by atoms with van der Waals surface area (Å²) in [4.78, 5) is 32.9. The summed E-state index contributed by atoms with van der Waals surface area (Å²) in [5.41, 5.74) is 0.0719. The lowest BCUT2D eigenvalue weighted by atomic mass is 10.1. The van der Waals surface area contributed by atoms with E-state index in [2.05, 4.69) is 17.9 Å². The highest BCUT2D eigenvalue weighted by Crippen LogP contribution is 2.25. The number of nitro groups is 1. The number of esters is 2. The fourth-order valence-corrected chi connectivity index (χ4v) is 1.35. The molecule has 0 bridgehead atoms. The first-order valence-corrected chi connectivity index (χ1v) is 6.02. The van der Waals surface area contributed by atoms with E-state index in [1.807, 2.05) is 0 Å². The average molecular weight is 303 g/mol. The Bertz CT molecular complexity index is 675. The van der Waals surface area contributed by atoms with Crippen LogP contribution in [0.5, 0.6) is 5.75 Å². The average Bonchev–Trinajstić information content (AvgIpc) is 2.51. The predicted octanol–water partition coefficient (Wildman–Crippen LogP) is 2.78. The van der Waals surface area contributed by atoms with Gasteiger partial charge in [0.05, 0.1) is 22.1 Å². The van der Waals surface area contributed by atoms with E-state index >= 15 is 0 Å². The predicted molar refractivity (Wildman–Crippen MR) is 78.9 cm³/mol. The maximum Gasteiger partial charge on any atom is 0.342 e. The Morgan fingerprint density at radius 1 is 1.32 bits per heavy atom. The van der Waals surface area contributed by atoms with Crippen molar-refractivity contribution in [2.45, 2.75) is 6.92 Å². The highest BCUT2D eigenvalue weighted by atomic mass is 16.6. The summed E-state index contributed by atoms with van der Waals surface area (Å²) in [5.74, 6) is -1.54. The van der Waals surface area contributed by atoms with E-state index in [0.717, 1.165) is 18.4 Å². The number of hydrogen-bond acceptors (Lipinski definition) is 6. The van der Waals surface area contributed by atoms with E-state index in [4.69, 9.17) is 4.74 Å². The van der Waals surface area contributed by atoms with E-state index in [9.17, 15) is 19.7 Å². The lowest BCUT2D eigenvalue weighted by Gasteiger charge is -2.05. The largest absolute Gasteiger partial charge is 0.431 e. The van der Waals surface area contributed by atoms with Crippen molar-refractivity contribution in [3.05, 3.63) is 64.9 Å². The highest BCUT2D eigenvalue weighted by molar-refractivity contribution is 5.90. The van der Waals surface area contributed by atoms with Gasteiger partial charge in [-0.2, -0.15) is 0 Å². The summed E-state index contributed by atoms with van der Waals surface area (Å²) >= 11 is 0. The van der Waals surface area contributed by atoms with Crippen LogP contribution < -0.4 is 4.74 Å². The summed E-state index contributed by atoms with van der Waals surface area (Å²) in [7, 11) is 0. The number of ether oxygens (including phenoxy) is 2. The number of rotatable bonds is 6. The number of carbonyl (C=O) groups excluding carboxylic acids is 2. The number of hydrogen-bond donors (Lipinski definition) is 0. The molecule has 7 heteroatoms. The van der Waals surface area contributed by atoms with Crippen LogP contribution in [0, 0.1) is 10.1 Å². The molecule has 1 rings (SSSR count). The summed E-state index contributed by atoms with van der Waals surface area (Å²) in [5, 5.41) is 10.9. The van der Waals surface area contributed by atoms with Gasteiger partial charge in [-0.05, 0) is 19.1 Å². The molecule has 0 aromatic heterocycles. The van der Waals surface area contributed by atoms with Gasteiger partial charge >= 0.3 is 11.9 Å². The highest BCUT2D eigenvalue weighted by Gasteiger charge is 2.15. The van der Waals surface area contributed by atoms with Gasteiger partial charge < -0.3 is 9.47 Å². The van der Waals surface area contributed by atoms with Crippen LogP contribution in [-0.2, 0) is 14.3 Å². The number of nitro benzene ring substituents is 1. The van der Waals surface area contributed by atoms with Crippen LogP contribution in [0.3, 0.4) is 0 Å². The molecule has 0 saturated carbocycles. The van der Waals surface area contributed by atoms with Crippen LogP contribution >= 0.6 is 0 Å². The molecule has 22 heavy (non-hydrogen) atoms. The molecule has 7 nitrogen and oxygen atoms in total. The Labute approximate surface area is 126 Å². The van der Waals surface area contributed by atoms with Gasteiger partial charge in [0.2, 0.25) is 0 Å². The molecule has 1 aromatic carbocycles. The maximum atomic E-state index is 11.8. The zero-order valence-corrected chi connectivity index (χ0v) is 11.8. The van der Waals surface area contributed by atoms with Gasteiger partial charge in [-0.1, -0.05) is 19.2 Å². The molecule has 1 aromatic rings. The number of nitrogens with zero attached hydrogens (tertiary/aromatic N) is 1. The van der Waals surface area contributed by atoms with Crippen molar-refractivity contribution in [1.29, 1.82) is 0 Å². The third-order valence-electron chi connectivity index (χ3n) is 2.47. The summed E-state index contributed by atoms with van der Waals surface area (Å²) < 4.78 is 9.54. The molecule has 0 spiro atoms. The summed E-state index contributed by atoms with van der Waals surface area (Å²) in [6.45, 7) is 8.03. The molecule has 0 unspecified atom stereocenters. The van der Waals surface area contributed by atoms with Crippen LogP contribution in [0.15, 0.2) is 49.3 Å². The normalized spacial score (nSPS) is 10.5. The molecule has 0 aliphatic heterocycles. The lowest BCUT2D eigenvalue weighted by molar-refractivity contribution is -0.385. The molecule has 0 radical (unpaired) electrons. The first-order valence-electron chi connectivity index (χ1n) is 6.02. The molecule has 0 N–H and O–H groups in total. The SMILES string of the molecule is C=CC(=O)OC=C(C)C(=O)Oc1ccc(C=C)c([N+](=O)[O-])c1. The lowest BCUT2D eigenvalue weighted by Crippen LogP contribution is -2.10. The maximum absolute atomic E-state index is 11.8. The van der Waals surface area contributed by atoms with Crippen molar-refractivity contribution < 1.29 is 24.0 Å². The minimum atomic E-state index is -0.808. The Balaban J connectivity index is 2.90. The van der Waals surface area contributed by atoms with Crippen molar-refractivity contribution >= 4 is 23.7 Å². The number of carbonyl (C=O) groups is 2. The van der Waals surface area contributed by atoms with Gasteiger partial charge in [-0.3, -0.25) is 10.1 Å². The van der Waals surface area contributed by atoms with Crippen molar-refractivity contribution in [2.75, 3.05) is 0 Å². The Kier molecular flexibility index (Phi) is 5.76. The summed E-state index contributed by atoms with van der Waals surface area (Å²) in [6, 6.07) is 3.91. The molecular weight excluding hydrogens is 290 g/mol. The van der Waals surface area contributed by atoms with Crippen LogP contribution in [0.2, 0.25) is 0 Å². The minimum absolute atomic E-state index is 0.00523. The van der Waals surface area contributed by atoms with Crippen LogP contribution in [0.4, 0.5) is 5.69 Å². The van der Waals surface area contributed by atoms with E-state index < -0.39 is 16.9 Å². The van der Waals surface area contributed by atoms with Gasteiger partial charge in [0.1, 0.15) is 12.0 Å². The molecule has 0 saturated heterocycles. The van der Waals surface area contributed by atoms with E-state index in [1.165, 1.54) is 25.1 Å². The number of benzene rings is 1. The quantitative estimate of drug-likeness (QED) is 0.200. The summed E-state index contributed by atoms with van der Waals surface area (Å²) in [6.07, 6.45) is 3.18. The zero-order chi connectivity index (χ0) is 16.7. The van der Waals surface area contributed by atoms with Crippen LogP contribution in [-0.4, -0.2) is 16.9 Å². The third-order valence-corrected chi connectivity index (χ3v) is 2.47. The topological polar surface area (TPSA) is 95.7 Å². The first-order chi connectivity index (χ1) is 10.4. The molecular formula is C15H13NO6. The molecule has 0 aliphatic rings. The van der Waals surface area contributed by atoms with Gasteiger partial charge in [0.15, 0.2) is 0 Å². The Morgan fingerprint density at radius 2 is 2.00 bits per heavy atom. The van der Waals surface area contributed by atoms with E-state index in [-0.39, 0.29) is 17.0 Å². The first kappa shape index (κ1) is 16.8.